The molecular weight excluding hydrogens is 564 g/mol. The molecule has 42 heavy (non-hydrogen) atoms. The molecule has 1 atom stereocenters. The normalized spacial score (nSPS) is 19.5. The van der Waals surface area contributed by atoms with E-state index >= 15 is 0 Å². The number of likely N-dealkylation sites (tertiary alicyclic amines) is 1. The van der Waals surface area contributed by atoms with E-state index in [1.54, 1.807) is 18.2 Å². The zero-order valence-corrected chi connectivity index (χ0v) is 22.6. The SMILES string of the molecule is CC1(C)C(=O)N(c2ccc(C#N)c(C(F)(F)F)c2)C(=O)N1CC=CCN1CCC(c2ccc(C#N)c(C(F)(F)F)c2)C1. The third-order valence-corrected chi connectivity index (χ3v) is 7.54. The zero-order chi connectivity index (χ0) is 31.0. The van der Waals surface area contributed by atoms with Crippen LogP contribution < -0.4 is 4.90 Å². The molecular formula is C29H25F6N5O2. The quantitative estimate of drug-likeness (QED) is 0.232. The Morgan fingerprint density at radius 3 is 2.07 bits per heavy atom. The highest BCUT2D eigenvalue weighted by atomic mass is 19.4. The molecule has 0 radical (unpaired) electrons. The van der Waals surface area contributed by atoms with Gasteiger partial charge in [-0.3, -0.25) is 9.69 Å². The number of amides is 3. The van der Waals surface area contributed by atoms with Crippen LogP contribution in [0.1, 0.15) is 54.0 Å². The minimum Gasteiger partial charge on any atom is -0.306 e. The van der Waals surface area contributed by atoms with Gasteiger partial charge >= 0.3 is 18.4 Å². The summed E-state index contributed by atoms with van der Waals surface area (Å²) >= 11 is 0. The summed E-state index contributed by atoms with van der Waals surface area (Å²) in [6.45, 7) is 4.45. The Morgan fingerprint density at radius 1 is 0.905 bits per heavy atom. The second-order valence-electron chi connectivity index (χ2n) is 10.6. The number of carbonyl (C=O) groups excluding carboxylic acids is 2. The number of nitrogens with zero attached hydrogens (tertiary/aromatic N) is 5. The summed E-state index contributed by atoms with van der Waals surface area (Å²) < 4.78 is 80.4. The number of hydrogen-bond acceptors (Lipinski definition) is 5. The molecule has 2 aromatic rings. The second-order valence-corrected chi connectivity index (χ2v) is 10.6. The van der Waals surface area contributed by atoms with Crippen molar-refractivity contribution in [3.8, 4) is 12.1 Å². The molecule has 2 aliphatic rings. The summed E-state index contributed by atoms with van der Waals surface area (Å²) in [5.41, 5.74) is -4.44. The number of imide groups is 1. The fourth-order valence-electron chi connectivity index (χ4n) is 5.20. The van der Waals surface area contributed by atoms with Gasteiger partial charge in [0.2, 0.25) is 0 Å². The minimum atomic E-state index is -4.86. The predicted octanol–water partition coefficient (Wildman–Crippen LogP) is 6.06. The van der Waals surface area contributed by atoms with Gasteiger partial charge in [-0.05, 0) is 68.6 Å². The predicted molar refractivity (Wildman–Crippen MR) is 139 cm³/mol. The lowest BCUT2D eigenvalue weighted by atomic mass is 9.94. The summed E-state index contributed by atoms with van der Waals surface area (Å²) in [5.74, 6) is -0.881. The molecule has 1 unspecified atom stereocenters. The maximum absolute atomic E-state index is 13.5. The molecule has 2 saturated heterocycles. The highest BCUT2D eigenvalue weighted by Gasteiger charge is 2.51. The van der Waals surface area contributed by atoms with E-state index in [1.165, 1.54) is 36.9 Å². The molecule has 2 heterocycles. The van der Waals surface area contributed by atoms with E-state index in [0.717, 1.165) is 18.2 Å². The molecule has 0 saturated carbocycles. The number of benzene rings is 2. The topological polar surface area (TPSA) is 91.4 Å². The van der Waals surface area contributed by atoms with Gasteiger partial charge < -0.3 is 4.90 Å². The van der Waals surface area contributed by atoms with Crippen LogP contribution in [0.4, 0.5) is 36.8 Å². The molecule has 2 aliphatic heterocycles. The van der Waals surface area contributed by atoms with Crippen molar-refractivity contribution in [2.75, 3.05) is 31.1 Å². The fourth-order valence-corrected chi connectivity index (χ4v) is 5.20. The molecule has 13 heteroatoms. The van der Waals surface area contributed by atoms with Crippen LogP contribution in [0.15, 0.2) is 48.6 Å². The Labute approximate surface area is 237 Å². The van der Waals surface area contributed by atoms with Gasteiger partial charge in [-0.25, -0.2) is 9.69 Å². The first kappa shape index (κ1) is 30.6. The molecule has 2 aromatic carbocycles. The van der Waals surface area contributed by atoms with E-state index < -0.39 is 52.1 Å². The molecule has 2 fully saturated rings. The molecule has 4 rings (SSSR count). The highest BCUT2D eigenvalue weighted by molar-refractivity contribution is 6.23. The van der Waals surface area contributed by atoms with Crippen LogP contribution in [-0.4, -0.2) is 53.5 Å². The number of anilines is 1. The molecule has 3 amide bonds. The van der Waals surface area contributed by atoms with Gasteiger partial charge in [0.05, 0.1) is 40.1 Å². The van der Waals surface area contributed by atoms with Crippen molar-refractivity contribution in [2.24, 2.45) is 0 Å². The lowest BCUT2D eigenvalue weighted by Crippen LogP contribution is -2.44. The van der Waals surface area contributed by atoms with Crippen molar-refractivity contribution >= 4 is 17.6 Å². The number of hydrogen-bond donors (Lipinski definition) is 0. The van der Waals surface area contributed by atoms with Gasteiger partial charge in [-0.2, -0.15) is 36.9 Å². The van der Waals surface area contributed by atoms with Crippen molar-refractivity contribution in [1.82, 2.24) is 9.80 Å². The third kappa shape index (κ3) is 5.83. The monoisotopic (exact) mass is 589 g/mol. The Morgan fingerprint density at radius 2 is 1.48 bits per heavy atom. The van der Waals surface area contributed by atoms with Gasteiger partial charge in [0.15, 0.2) is 0 Å². The van der Waals surface area contributed by atoms with E-state index in [2.05, 4.69) is 0 Å². The lowest BCUT2D eigenvalue weighted by molar-refractivity contribution is -0.138. The molecule has 0 bridgehead atoms. The Bertz CT molecular complexity index is 1520. The standard InChI is InChI=1S/C29H25F6N5O2/c1-27(2)25(41)40(22-8-7-20(16-37)24(14-22)29(33,34)35)26(42)39(27)11-4-3-10-38-12-9-21(17-38)18-5-6-19(15-36)23(13-18)28(30,31)32/h3-8,13-14,21H,9-12,17H2,1-2H3. The maximum atomic E-state index is 13.5. The average Bonchev–Trinajstić information content (AvgIpc) is 3.46. The summed E-state index contributed by atoms with van der Waals surface area (Å²) in [7, 11) is 0. The van der Waals surface area contributed by atoms with E-state index in [-0.39, 0.29) is 18.2 Å². The first-order valence-corrected chi connectivity index (χ1v) is 12.9. The van der Waals surface area contributed by atoms with E-state index in [4.69, 9.17) is 10.5 Å². The van der Waals surface area contributed by atoms with Gasteiger partial charge in [0, 0.05) is 19.6 Å². The van der Waals surface area contributed by atoms with Gasteiger partial charge in [-0.15, -0.1) is 0 Å². The van der Waals surface area contributed by atoms with E-state index in [0.29, 0.717) is 42.6 Å². The van der Waals surface area contributed by atoms with Crippen LogP contribution in [0, 0.1) is 22.7 Å². The Hall–Kier alpha value is -4.36. The smallest absolute Gasteiger partial charge is 0.306 e. The van der Waals surface area contributed by atoms with Crippen molar-refractivity contribution in [1.29, 1.82) is 10.5 Å². The Balaban J connectivity index is 1.42. The molecule has 0 aromatic heterocycles. The van der Waals surface area contributed by atoms with Crippen LogP contribution in [0.5, 0.6) is 0 Å². The summed E-state index contributed by atoms with van der Waals surface area (Å²) in [4.78, 5) is 30.2. The second kappa shape index (κ2) is 11.1. The summed E-state index contributed by atoms with van der Waals surface area (Å²) in [5, 5.41) is 18.0. The van der Waals surface area contributed by atoms with Crippen LogP contribution in [0.25, 0.3) is 0 Å². The molecule has 220 valence electrons. The van der Waals surface area contributed by atoms with Crippen molar-refractivity contribution in [2.45, 2.75) is 44.1 Å². The van der Waals surface area contributed by atoms with Crippen LogP contribution >= 0.6 is 0 Å². The number of halogens is 6. The summed E-state index contributed by atoms with van der Waals surface area (Å²) in [6.07, 6.45) is -5.49. The van der Waals surface area contributed by atoms with E-state index in [9.17, 15) is 35.9 Å². The number of nitriles is 2. The third-order valence-electron chi connectivity index (χ3n) is 7.54. The number of urea groups is 1. The molecule has 0 N–H and O–H groups in total. The van der Waals surface area contributed by atoms with Crippen molar-refractivity contribution in [3.05, 3.63) is 76.4 Å². The average molecular weight is 590 g/mol. The van der Waals surface area contributed by atoms with Gasteiger partial charge in [-0.1, -0.05) is 18.2 Å². The Kier molecular flexibility index (Phi) is 8.11. The minimum absolute atomic E-state index is 0.0156. The van der Waals surface area contributed by atoms with Crippen molar-refractivity contribution in [3.63, 3.8) is 0 Å². The maximum Gasteiger partial charge on any atom is 0.417 e. The number of rotatable bonds is 6. The zero-order valence-electron chi connectivity index (χ0n) is 22.6. The van der Waals surface area contributed by atoms with Crippen LogP contribution in [0.3, 0.4) is 0 Å². The summed E-state index contributed by atoms with van der Waals surface area (Å²) in [6, 6.07) is 8.61. The number of carbonyl (C=O) groups is 2. The van der Waals surface area contributed by atoms with Gasteiger partial charge in [0.1, 0.15) is 5.54 Å². The highest BCUT2D eigenvalue weighted by Crippen LogP contribution is 2.38. The van der Waals surface area contributed by atoms with Crippen LogP contribution in [-0.2, 0) is 17.1 Å². The van der Waals surface area contributed by atoms with Gasteiger partial charge in [0.25, 0.3) is 5.91 Å². The lowest BCUT2D eigenvalue weighted by Gasteiger charge is -2.26. The first-order valence-electron chi connectivity index (χ1n) is 12.9. The fraction of sp³-hybridized carbons (Fsp3) is 0.379. The number of alkyl halides is 6. The molecule has 0 spiro atoms. The first-order chi connectivity index (χ1) is 19.6. The molecule has 7 nitrogen and oxygen atoms in total. The van der Waals surface area contributed by atoms with E-state index in [1.807, 2.05) is 4.90 Å². The largest absolute Gasteiger partial charge is 0.417 e. The van der Waals surface area contributed by atoms with Crippen molar-refractivity contribution < 1.29 is 35.9 Å². The molecule has 0 aliphatic carbocycles. The van der Waals surface area contributed by atoms with Crippen LogP contribution in [0.2, 0.25) is 0 Å².